The summed E-state index contributed by atoms with van der Waals surface area (Å²) in [6.45, 7) is 4.49. The van der Waals surface area contributed by atoms with E-state index in [0.29, 0.717) is 17.6 Å². The molecule has 5 nitrogen and oxygen atoms in total. The molecular weight excluding hydrogens is 228 g/mol. The Morgan fingerprint density at radius 2 is 2.00 bits per heavy atom. The first-order valence-corrected chi connectivity index (χ1v) is 6.60. The van der Waals surface area contributed by atoms with Crippen LogP contribution in [-0.4, -0.2) is 27.7 Å². The van der Waals surface area contributed by atoms with Crippen LogP contribution in [0.4, 0.5) is 11.6 Å². The molecule has 1 aromatic rings. The van der Waals surface area contributed by atoms with E-state index in [9.17, 15) is 5.11 Å². The van der Waals surface area contributed by atoms with Gasteiger partial charge in [-0.1, -0.05) is 12.8 Å². The Kier molecular flexibility index (Phi) is 4.01. The molecule has 1 aliphatic rings. The van der Waals surface area contributed by atoms with Gasteiger partial charge in [0, 0.05) is 18.0 Å². The monoisotopic (exact) mass is 250 g/mol. The first kappa shape index (κ1) is 13.1. The summed E-state index contributed by atoms with van der Waals surface area (Å²) in [6.07, 6.45) is 4.14. The Bertz CT molecular complexity index is 422. The van der Waals surface area contributed by atoms with Crippen molar-refractivity contribution in [3.63, 3.8) is 0 Å². The number of nitrogens with one attached hydrogen (secondary N) is 1. The van der Waals surface area contributed by atoms with Crippen molar-refractivity contribution < 1.29 is 5.11 Å². The third-order valence-corrected chi connectivity index (χ3v) is 3.70. The normalized spacial score (nSPS) is 23.9. The van der Waals surface area contributed by atoms with Gasteiger partial charge in [0.05, 0.1) is 6.10 Å². The molecule has 1 heterocycles. The van der Waals surface area contributed by atoms with Crippen LogP contribution < -0.4 is 11.1 Å². The Balaban J connectivity index is 2.01. The van der Waals surface area contributed by atoms with Gasteiger partial charge in [0.15, 0.2) is 0 Å². The zero-order chi connectivity index (χ0) is 13.1. The van der Waals surface area contributed by atoms with Gasteiger partial charge in [-0.05, 0) is 26.7 Å². The van der Waals surface area contributed by atoms with Crippen molar-refractivity contribution in [2.24, 2.45) is 5.92 Å². The molecule has 0 saturated heterocycles. The summed E-state index contributed by atoms with van der Waals surface area (Å²) in [4.78, 5) is 8.48. The van der Waals surface area contributed by atoms with Crippen LogP contribution >= 0.6 is 0 Å². The molecule has 2 unspecified atom stereocenters. The first-order chi connectivity index (χ1) is 8.58. The van der Waals surface area contributed by atoms with Crippen molar-refractivity contribution in [1.82, 2.24) is 9.97 Å². The smallest absolute Gasteiger partial charge is 0.134 e. The number of nitrogens with two attached hydrogens (primary N) is 1. The molecular formula is C13H22N4O. The lowest BCUT2D eigenvalue weighted by atomic mass is 9.86. The number of nitrogens with zero attached hydrogens (tertiary/aromatic N) is 2. The fourth-order valence-electron chi connectivity index (χ4n) is 2.48. The molecule has 1 saturated carbocycles. The number of aryl methyl sites for hydroxylation is 1. The lowest BCUT2D eigenvalue weighted by Gasteiger charge is -2.28. The van der Waals surface area contributed by atoms with Crippen molar-refractivity contribution in [3.8, 4) is 0 Å². The standard InChI is InChI=1S/C13H22N4O/c1-8-12(14)16-9(2)17-13(8)15-7-10-5-3-4-6-11(10)18/h10-11,18H,3-7H2,1-2H3,(H3,14,15,16,17). The van der Waals surface area contributed by atoms with Crippen molar-refractivity contribution in [2.45, 2.75) is 45.6 Å². The van der Waals surface area contributed by atoms with Gasteiger partial charge in [-0.25, -0.2) is 9.97 Å². The van der Waals surface area contributed by atoms with Gasteiger partial charge in [-0.2, -0.15) is 0 Å². The molecule has 0 aliphatic heterocycles. The van der Waals surface area contributed by atoms with Gasteiger partial charge in [-0.15, -0.1) is 0 Å². The highest BCUT2D eigenvalue weighted by Gasteiger charge is 2.23. The number of hydrogen-bond donors (Lipinski definition) is 3. The maximum Gasteiger partial charge on any atom is 0.134 e. The molecule has 0 aromatic carbocycles. The number of hydrogen-bond acceptors (Lipinski definition) is 5. The number of aromatic nitrogens is 2. The molecule has 0 bridgehead atoms. The van der Waals surface area contributed by atoms with E-state index < -0.39 is 0 Å². The summed E-state index contributed by atoms with van der Waals surface area (Å²) < 4.78 is 0. The van der Waals surface area contributed by atoms with Gasteiger partial charge in [0.25, 0.3) is 0 Å². The van der Waals surface area contributed by atoms with Crippen LogP contribution in [0.2, 0.25) is 0 Å². The summed E-state index contributed by atoms with van der Waals surface area (Å²) in [6, 6.07) is 0. The van der Waals surface area contributed by atoms with Crippen molar-refractivity contribution in [3.05, 3.63) is 11.4 Å². The number of anilines is 2. The SMILES string of the molecule is Cc1nc(N)c(C)c(NCC2CCCCC2O)n1. The lowest BCUT2D eigenvalue weighted by Crippen LogP contribution is -2.30. The molecule has 4 N–H and O–H groups in total. The zero-order valence-corrected chi connectivity index (χ0v) is 11.1. The van der Waals surface area contributed by atoms with Crippen molar-refractivity contribution >= 4 is 11.6 Å². The Morgan fingerprint density at radius 3 is 2.72 bits per heavy atom. The average Bonchev–Trinajstić information content (AvgIpc) is 2.33. The molecule has 2 atom stereocenters. The van der Waals surface area contributed by atoms with E-state index >= 15 is 0 Å². The minimum atomic E-state index is -0.188. The fourth-order valence-corrected chi connectivity index (χ4v) is 2.48. The predicted octanol–water partition coefficient (Wildman–Crippen LogP) is 1.64. The summed E-state index contributed by atoms with van der Waals surface area (Å²) in [5, 5.41) is 13.2. The molecule has 5 heteroatoms. The van der Waals surface area contributed by atoms with Gasteiger partial charge >= 0.3 is 0 Å². The van der Waals surface area contributed by atoms with Gasteiger partial charge in [0.2, 0.25) is 0 Å². The molecule has 100 valence electrons. The molecule has 0 amide bonds. The molecule has 1 aromatic heterocycles. The van der Waals surface area contributed by atoms with Crippen LogP contribution in [0.25, 0.3) is 0 Å². The Hall–Kier alpha value is -1.36. The minimum Gasteiger partial charge on any atom is -0.393 e. The van der Waals surface area contributed by atoms with Crippen LogP contribution in [-0.2, 0) is 0 Å². The molecule has 2 rings (SSSR count). The number of aliphatic hydroxyl groups excluding tert-OH is 1. The van der Waals surface area contributed by atoms with Crippen LogP contribution in [0, 0.1) is 19.8 Å². The van der Waals surface area contributed by atoms with Gasteiger partial charge in [0.1, 0.15) is 17.5 Å². The molecule has 0 spiro atoms. The third kappa shape index (κ3) is 2.90. The highest BCUT2D eigenvalue weighted by molar-refractivity contribution is 5.54. The van der Waals surface area contributed by atoms with E-state index in [-0.39, 0.29) is 6.10 Å². The second-order valence-electron chi connectivity index (χ2n) is 5.12. The molecule has 1 fully saturated rings. The second-order valence-corrected chi connectivity index (χ2v) is 5.12. The minimum absolute atomic E-state index is 0.188. The Labute approximate surface area is 108 Å². The highest BCUT2D eigenvalue weighted by atomic mass is 16.3. The Morgan fingerprint density at radius 1 is 1.28 bits per heavy atom. The number of nitrogen functional groups attached to an aromatic ring is 1. The summed E-state index contributed by atoms with van der Waals surface area (Å²) >= 11 is 0. The van der Waals surface area contributed by atoms with Crippen molar-refractivity contribution in [2.75, 3.05) is 17.6 Å². The van der Waals surface area contributed by atoms with Gasteiger partial charge < -0.3 is 16.2 Å². The number of rotatable bonds is 3. The fraction of sp³-hybridized carbons (Fsp3) is 0.692. The van der Waals surface area contributed by atoms with Crippen LogP contribution in [0.5, 0.6) is 0 Å². The largest absolute Gasteiger partial charge is 0.393 e. The molecule has 1 aliphatic carbocycles. The van der Waals surface area contributed by atoms with Crippen molar-refractivity contribution in [1.29, 1.82) is 0 Å². The van der Waals surface area contributed by atoms with E-state index in [2.05, 4.69) is 15.3 Å². The summed E-state index contributed by atoms with van der Waals surface area (Å²) in [7, 11) is 0. The molecule has 18 heavy (non-hydrogen) atoms. The zero-order valence-electron chi connectivity index (χ0n) is 11.1. The van der Waals surface area contributed by atoms with E-state index in [1.807, 2.05) is 13.8 Å². The molecule has 0 radical (unpaired) electrons. The van der Waals surface area contributed by atoms with Crippen LogP contribution in [0.15, 0.2) is 0 Å². The second kappa shape index (κ2) is 5.52. The topological polar surface area (TPSA) is 84.1 Å². The average molecular weight is 250 g/mol. The quantitative estimate of drug-likeness (QED) is 0.759. The van der Waals surface area contributed by atoms with E-state index in [0.717, 1.165) is 37.2 Å². The summed E-state index contributed by atoms with van der Waals surface area (Å²) in [5.74, 6) is 2.30. The van der Waals surface area contributed by atoms with E-state index in [1.54, 1.807) is 0 Å². The maximum atomic E-state index is 9.93. The van der Waals surface area contributed by atoms with Gasteiger partial charge in [-0.3, -0.25) is 0 Å². The van der Waals surface area contributed by atoms with Crippen LogP contribution in [0.3, 0.4) is 0 Å². The maximum absolute atomic E-state index is 9.93. The highest BCUT2D eigenvalue weighted by Crippen LogP contribution is 2.25. The lowest BCUT2D eigenvalue weighted by molar-refractivity contribution is 0.0763. The van der Waals surface area contributed by atoms with E-state index in [4.69, 9.17) is 5.73 Å². The predicted molar refractivity (Wildman–Crippen MR) is 72.4 cm³/mol. The number of aliphatic hydroxyl groups is 1. The summed E-state index contributed by atoms with van der Waals surface area (Å²) in [5.41, 5.74) is 6.70. The van der Waals surface area contributed by atoms with E-state index in [1.165, 1.54) is 6.42 Å². The van der Waals surface area contributed by atoms with Crippen LogP contribution in [0.1, 0.15) is 37.1 Å². The third-order valence-electron chi connectivity index (χ3n) is 3.70. The first-order valence-electron chi connectivity index (χ1n) is 6.60.